The number of hydrogen-bond acceptors (Lipinski definition) is 7. The van der Waals surface area contributed by atoms with E-state index in [0.29, 0.717) is 13.0 Å². The summed E-state index contributed by atoms with van der Waals surface area (Å²) < 4.78 is 5.08. The monoisotopic (exact) mass is 345 g/mol. The van der Waals surface area contributed by atoms with Gasteiger partial charge in [-0.3, -0.25) is 9.78 Å². The highest BCUT2D eigenvalue weighted by atomic mass is 16.5. The quantitative estimate of drug-likeness (QED) is 0.843. The molecule has 134 valence electrons. The Morgan fingerprint density at radius 3 is 3.00 bits per heavy atom. The number of rotatable bonds is 5. The highest BCUT2D eigenvalue weighted by Crippen LogP contribution is 2.24. The van der Waals surface area contributed by atoms with Gasteiger partial charge in [0.1, 0.15) is 5.82 Å². The van der Waals surface area contributed by atoms with Crippen LogP contribution >= 0.6 is 0 Å². The highest BCUT2D eigenvalue weighted by molar-refractivity contribution is 5.91. The molecule has 0 aromatic carbocycles. The van der Waals surface area contributed by atoms with Crippen molar-refractivity contribution in [3.63, 3.8) is 0 Å². The molecule has 1 amide bonds. The molecule has 2 aromatic heterocycles. The first-order valence-electron chi connectivity index (χ1n) is 8.45. The Hall–Kier alpha value is -2.48. The van der Waals surface area contributed by atoms with Gasteiger partial charge in [-0.05, 0) is 18.8 Å². The van der Waals surface area contributed by atoms with Crippen LogP contribution in [0, 0.1) is 0 Å². The van der Waals surface area contributed by atoms with Crippen LogP contribution < -0.4 is 10.2 Å². The minimum Gasteiger partial charge on any atom is -0.386 e. The smallest absolute Gasteiger partial charge is 0.290 e. The SMILES string of the molecule is CC(C)c1cc(C(=O)NC[C@]2(O)CCCN(c3cnccn3)C2)on1. The van der Waals surface area contributed by atoms with Crippen molar-refractivity contribution < 1.29 is 14.4 Å². The molecule has 1 atom stereocenters. The zero-order chi connectivity index (χ0) is 17.9. The summed E-state index contributed by atoms with van der Waals surface area (Å²) in [5.41, 5.74) is -0.290. The lowest BCUT2D eigenvalue weighted by Crippen LogP contribution is -2.54. The molecule has 1 saturated heterocycles. The van der Waals surface area contributed by atoms with E-state index >= 15 is 0 Å². The second kappa shape index (κ2) is 7.18. The van der Waals surface area contributed by atoms with E-state index < -0.39 is 5.60 Å². The summed E-state index contributed by atoms with van der Waals surface area (Å²) in [6.45, 7) is 5.28. The van der Waals surface area contributed by atoms with Crippen molar-refractivity contribution in [2.75, 3.05) is 24.5 Å². The summed E-state index contributed by atoms with van der Waals surface area (Å²) in [6, 6.07) is 1.64. The predicted molar refractivity (Wildman–Crippen MR) is 91.4 cm³/mol. The Labute approximate surface area is 146 Å². The van der Waals surface area contributed by atoms with Crippen LogP contribution in [0.1, 0.15) is 48.9 Å². The van der Waals surface area contributed by atoms with Gasteiger partial charge in [0.25, 0.3) is 5.91 Å². The molecule has 8 nitrogen and oxygen atoms in total. The van der Waals surface area contributed by atoms with Crippen LogP contribution in [0.5, 0.6) is 0 Å². The Bertz CT molecular complexity index is 718. The first-order valence-corrected chi connectivity index (χ1v) is 8.45. The molecule has 0 saturated carbocycles. The van der Waals surface area contributed by atoms with Crippen molar-refractivity contribution in [3.05, 3.63) is 36.1 Å². The van der Waals surface area contributed by atoms with Gasteiger partial charge in [-0.15, -0.1) is 0 Å². The van der Waals surface area contributed by atoms with E-state index in [2.05, 4.69) is 20.4 Å². The summed E-state index contributed by atoms with van der Waals surface area (Å²) in [5.74, 6) is 0.704. The van der Waals surface area contributed by atoms with Crippen LogP contribution in [0.4, 0.5) is 5.82 Å². The number of nitrogens with one attached hydrogen (secondary N) is 1. The van der Waals surface area contributed by atoms with Crippen molar-refractivity contribution >= 4 is 11.7 Å². The van der Waals surface area contributed by atoms with Crippen LogP contribution in [0.15, 0.2) is 29.2 Å². The van der Waals surface area contributed by atoms with Crippen molar-refractivity contribution in [3.8, 4) is 0 Å². The summed E-state index contributed by atoms with van der Waals surface area (Å²) in [4.78, 5) is 22.5. The summed E-state index contributed by atoms with van der Waals surface area (Å²) in [5, 5.41) is 17.5. The van der Waals surface area contributed by atoms with Gasteiger partial charge in [0, 0.05) is 38.1 Å². The van der Waals surface area contributed by atoms with Crippen molar-refractivity contribution in [1.29, 1.82) is 0 Å². The van der Waals surface area contributed by atoms with Crippen molar-refractivity contribution in [1.82, 2.24) is 20.4 Å². The molecule has 0 radical (unpaired) electrons. The van der Waals surface area contributed by atoms with Crippen molar-refractivity contribution in [2.24, 2.45) is 0 Å². The Kier molecular flexibility index (Phi) is 4.98. The first-order chi connectivity index (χ1) is 12.0. The Morgan fingerprint density at radius 2 is 2.32 bits per heavy atom. The average molecular weight is 345 g/mol. The zero-order valence-electron chi connectivity index (χ0n) is 14.5. The molecular weight excluding hydrogens is 322 g/mol. The molecule has 3 heterocycles. The standard InChI is InChI=1S/C17H23N5O3/c1-12(2)13-8-14(25-21-13)16(23)20-10-17(24)4-3-7-22(11-17)15-9-18-5-6-19-15/h5-6,8-9,12,24H,3-4,7,10-11H2,1-2H3,(H,20,23)/t17-/m1/s1. The maximum Gasteiger partial charge on any atom is 0.290 e. The molecule has 0 aliphatic carbocycles. The number of hydrogen-bond donors (Lipinski definition) is 2. The number of piperidine rings is 1. The van der Waals surface area contributed by atoms with Crippen LogP contribution in [-0.2, 0) is 0 Å². The second-order valence-corrected chi connectivity index (χ2v) is 6.77. The van der Waals surface area contributed by atoms with E-state index in [9.17, 15) is 9.90 Å². The van der Waals surface area contributed by atoms with Gasteiger partial charge in [0.2, 0.25) is 5.76 Å². The zero-order valence-corrected chi connectivity index (χ0v) is 14.5. The summed E-state index contributed by atoms with van der Waals surface area (Å²) in [7, 11) is 0. The van der Waals surface area contributed by atoms with Crippen LogP contribution in [-0.4, -0.2) is 51.4 Å². The fourth-order valence-corrected chi connectivity index (χ4v) is 2.91. The van der Waals surface area contributed by atoms with Gasteiger partial charge < -0.3 is 19.8 Å². The number of nitrogens with zero attached hydrogens (tertiary/aromatic N) is 4. The van der Waals surface area contributed by atoms with E-state index in [1.54, 1.807) is 24.7 Å². The molecule has 8 heteroatoms. The fraction of sp³-hybridized carbons (Fsp3) is 0.529. The normalized spacial score (nSPS) is 20.7. The topological polar surface area (TPSA) is 104 Å². The molecule has 3 rings (SSSR count). The third kappa shape index (κ3) is 4.14. The van der Waals surface area contributed by atoms with Crippen LogP contribution in [0.3, 0.4) is 0 Å². The van der Waals surface area contributed by atoms with Gasteiger partial charge in [-0.25, -0.2) is 4.98 Å². The Balaban J connectivity index is 1.60. The predicted octanol–water partition coefficient (Wildman–Crippen LogP) is 1.35. The number of anilines is 1. The minimum absolute atomic E-state index is 0.139. The number of carbonyl (C=O) groups excluding carboxylic acids is 1. The number of aliphatic hydroxyl groups is 1. The molecule has 2 aromatic rings. The number of aromatic nitrogens is 3. The summed E-state index contributed by atoms with van der Waals surface area (Å²) >= 11 is 0. The van der Waals surface area contributed by atoms with E-state index in [0.717, 1.165) is 24.5 Å². The van der Waals surface area contributed by atoms with Crippen LogP contribution in [0.25, 0.3) is 0 Å². The van der Waals surface area contributed by atoms with Gasteiger partial charge in [-0.2, -0.15) is 0 Å². The van der Waals surface area contributed by atoms with Gasteiger partial charge >= 0.3 is 0 Å². The molecule has 0 unspecified atom stereocenters. The lowest BCUT2D eigenvalue weighted by Gasteiger charge is -2.39. The number of carbonyl (C=O) groups is 1. The van der Waals surface area contributed by atoms with E-state index in [1.165, 1.54) is 0 Å². The minimum atomic E-state index is -1.02. The molecule has 0 spiro atoms. The fourth-order valence-electron chi connectivity index (χ4n) is 2.91. The molecule has 1 aliphatic heterocycles. The molecule has 0 bridgehead atoms. The number of β-amino-alcohol motifs (C(OH)–C–C–N with tert-alkyl or cyclic N) is 1. The lowest BCUT2D eigenvalue weighted by molar-refractivity contribution is 0.0250. The third-order valence-corrected chi connectivity index (χ3v) is 4.35. The largest absolute Gasteiger partial charge is 0.386 e. The molecule has 1 fully saturated rings. The average Bonchev–Trinajstić information content (AvgIpc) is 3.11. The van der Waals surface area contributed by atoms with E-state index in [-0.39, 0.29) is 24.1 Å². The third-order valence-electron chi connectivity index (χ3n) is 4.35. The molecule has 2 N–H and O–H groups in total. The molecular formula is C17H23N5O3. The first kappa shape index (κ1) is 17.3. The summed E-state index contributed by atoms with van der Waals surface area (Å²) in [6.07, 6.45) is 6.33. The maximum absolute atomic E-state index is 12.2. The Morgan fingerprint density at radius 1 is 1.48 bits per heavy atom. The maximum atomic E-state index is 12.2. The number of amides is 1. The van der Waals surface area contributed by atoms with E-state index in [4.69, 9.17) is 4.52 Å². The molecule has 1 aliphatic rings. The van der Waals surface area contributed by atoms with Gasteiger partial charge in [0.15, 0.2) is 0 Å². The van der Waals surface area contributed by atoms with Crippen molar-refractivity contribution in [2.45, 2.75) is 38.2 Å². The lowest BCUT2D eigenvalue weighted by atomic mass is 9.92. The van der Waals surface area contributed by atoms with Gasteiger partial charge in [-0.1, -0.05) is 19.0 Å². The molecule has 25 heavy (non-hydrogen) atoms. The van der Waals surface area contributed by atoms with Crippen LogP contribution in [0.2, 0.25) is 0 Å². The van der Waals surface area contributed by atoms with E-state index in [1.807, 2.05) is 18.7 Å². The van der Waals surface area contributed by atoms with Gasteiger partial charge in [0.05, 0.1) is 17.5 Å². The highest BCUT2D eigenvalue weighted by Gasteiger charge is 2.34. The second-order valence-electron chi connectivity index (χ2n) is 6.77.